The van der Waals surface area contributed by atoms with E-state index in [2.05, 4.69) is 29.7 Å². The number of amides is 1. The highest BCUT2D eigenvalue weighted by Gasteiger charge is 2.16. The first-order chi connectivity index (χ1) is 11.7. The molecule has 0 spiro atoms. The summed E-state index contributed by atoms with van der Waals surface area (Å²) in [6.45, 7) is 4.87. The molecule has 144 valence electrons. The van der Waals surface area contributed by atoms with E-state index in [-0.39, 0.29) is 36.8 Å². The van der Waals surface area contributed by atoms with Crippen molar-refractivity contribution in [3.05, 3.63) is 40.2 Å². The van der Waals surface area contributed by atoms with Gasteiger partial charge in [0.15, 0.2) is 0 Å². The SMILES string of the molecule is Cc1sc(CCNC(=O)CC2COCCN2)nc1-c1ccccc1.Cl.Cl. The van der Waals surface area contributed by atoms with E-state index in [1.807, 2.05) is 18.2 Å². The van der Waals surface area contributed by atoms with Crippen LogP contribution in [0.3, 0.4) is 0 Å². The van der Waals surface area contributed by atoms with Gasteiger partial charge in [0.05, 0.1) is 23.9 Å². The van der Waals surface area contributed by atoms with Gasteiger partial charge in [-0.1, -0.05) is 30.3 Å². The third kappa shape index (κ3) is 6.52. The van der Waals surface area contributed by atoms with E-state index in [9.17, 15) is 4.79 Å². The summed E-state index contributed by atoms with van der Waals surface area (Å²) in [6, 6.07) is 10.3. The maximum Gasteiger partial charge on any atom is 0.221 e. The molecule has 1 unspecified atom stereocenters. The summed E-state index contributed by atoms with van der Waals surface area (Å²) in [6.07, 6.45) is 1.23. The summed E-state index contributed by atoms with van der Waals surface area (Å²) >= 11 is 1.70. The summed E-state index contributed by atoms with van der Waals surface area (Å²) in [5, 5.41) is 7.33. The third-order valence-electron chi connectivity index (χ3n) is 3.98. The molecule has 0 radical (unpaired) electrons. The molecule has 1 atom stereocenters. The Morgan fingerprint density at radius 2 is 2.12 bits per heavy atom. The number of aromatic nitrogens is 1. The van der Waals surface area contributed by atoms with Gasteiger partial charge in [0.25, 0.3) is 0 Å². The van der Waals surface area contributed by atoms with Gasteiger partial charge in [-0.05, 0) is 6.92 Å². The van der Waals surface area contributed by atoms with Crippen molar-refractivity contribution in [3.63, 3.8) is 0 Å². The minimum absolute atomic E-state index is 0. The number of carbonyl (C=O) groups excluding carboxylic acids is 1. The maximum atomic E-state index is 12.0. The summed E-state index contributed by atoms with van der Waals surface area (Å²) in [4.78, 5) is 17.9. The van der Waals surface area contributed by atoms with Crippen LogP contribution >= 0.6 is 36.2 Å². The number of thiazole rings is 1. The van der Waals surface area contributed by atoms with Gasteiger partial charge >= 0.3 is 0 Å². The fourth-order valence-electron chi connectivity index (χ4n) is 2.78. The number of nitrogens with zero attached hydrogens (tertiary/aromatic N) is 1. The normalized spacial score (nSPS) is 16.3. The number of hydrogen-bond acceptors (Lipinski definition) is 5. The number of ether oxygens (including phenoxy) is 1. The monoisotopic (exact) mass is 417 g/mol. The molecular formula is C18H25Cl2N3O2S. The lowest BCUT2D eigenvalue weighted by atomic mass is 10.1. The average Bonchev–Trinajstić information content (AvgIpc) is 2.97. The molecule has 1 aromatic heterocycles. The molecule has 2 heterocycles. The maximum absolute atomic E-state index is 12.0. The molecule has 0 aliphatic carbocycles. The summed E-state index contributed by atoms with van der Waals surface area (Å²) in [7, 11) is 0. The molecule has 1 aliphatic heterocycles. The molecule has 2 N–H and O–H groups in total. The largest absolute Gasteiger partial charge is 0.378 e. The smallest absolute Gasteiger partial charge is 0.221 e. The molecule has 1 amide bonds. The highest BCUT2D eigenvalue weighted by atomic mass is 35.5. The quantitative estimate of drug-likeness (QED) is 0.757. The van der Waals surface area contributed by atoms with E-state index in [0.717, 1.165) is 35.8 Å². The predicted molar refractivity (Wildman–Crippen MR) is 111 cm³/mol. The number of halogens is 2. The van der Waals surface area contributed by atoms with Crippen LogP contribution in [0.2, 0.25) is 0 Å². The predicted octanol–water partition coefficient (Wildman–Crippen LogP) is 3.00. The number of rotatable bonds is 6. The Bertz CT molecular complexity index is 676. The van der Waals surface area contributed by atoms with Gasteiger partial charge in [-0.3, -0.25) is 4.79 Å². The van der Waals surface area contributed by atoms with E-state index in [4.69, 9.17) is 9.72 Å². The lowest BCUT2D eigenvalue weighted by molar-refractivity contribution is -0.122. The Kier molecular flexibility index (Phi) is 10.1. The third-order valence-corrected chi connectivity index (χ3v) is 5.01. The Morgan fingerprint density at radius 3 is 2.81 bits per heavy atom. The first-order valence-corrected chi connectivity index (χ1v) is 9.13. The minimum Gasteiger partial charge on any atom is -0.378 e. The van der Waals surface area contributed by atoms with Gasteiger partial charge in [0.2, 0.25) is 5.91 Å². The zero-order valence-electron chi connectivity index (χ0n) is 14.7. The van der Waals surface area contributed by atoms with Crippen molar-refractivity contribution in [3.8, 4) is 11.3 Å². The molecule has 0 bridgehead atoms. The molecule has 1 aliphatic rings. The first-order valence-electron chi connectivity index (χ1n) is 8.32. The van der Waals surface area contributed by atoms with Crippen molar-refractivity contribution >= 4 is 42.1 Å². The summed E-state index contributed by atoms with van der Waals surface area (Å²) in [5.74, 6) is 0.0644. The Labute approximate surface area is 170 Å². The van der Waals surface area contributed by atoms with Crippen LogP contribution in [0.25, 0.3) is 11.3 Å². The second-order valence-electron chi connectivity index (χ2n) is 5.91. The van der Waals surface area contributed by atoms with Crippen molar-refractivity contribution in [2.45, 2.75) is 25.8 Å². The molecule has 3 rings (SSSR count). The average molecular weight is 418 g/mol. The number of nitrogens with one attached hydrogen (secondary N) is 2. The van der Waals surface area contributed by atoms with Crippen LogP contribution in [0.15, 0.2) is 30.3 Å². The molecule has 26 heavy (non-hydrogen) atoms. The molecule has 1 aromatic carbocycles. The van der Waals surface area contributed by atoms with Crippen molar-refractivity contribution in [1.82, 2.24) is 15.6 Å². The van der Waals surface area contributed by atoms with E-state index >= 15 is 0 Å². The van der Waals surface area contributed by atoms with E-state index in [1.54, 1.807) is 11.3 Å². The number of carbonyl (C=O) groups is 1. The van der Waals surface area contributed by atoms with E-state index in [0.29, 0.717) is 19.6 Å². The lowest BCUT2D eigenvalue weighted by Crippen LogP contribution is -2.44. The molecule has 2 aromatic rings. The first kappa shape index (κ1) is 22.9. The van der Waals surface area contributed by atoms with Gasteiger partial charge in [0.1, 0.15) is 0 Å². The van der Waals surface area contributed by atoms with Gasteiger partial charge in [-0.15, -0.1) is 36.2 Å². The highest BCUT2D eigenvalue weighted by Crippen LogP contribution is 2.27. The van der Waals surface area contributed by atoms with Crippen LogP contribution < -0.4 is 10.6 Å². The van der Waals surface area contributed by atoms with E-state index < -0.39 is 0 Å². The molecule has 1 saturated heterocycles. The molecule has 8 heteroatoms. The van der Waals surface area contributed by atoms with Crippen LogP contribution in [-0.4, -0.2) is 43.2 Å². The van der Waals surface area contributed by atoms with Crippen LogP contribution in [0.1, 0.15) is 16.3 Å². The molecule has 1 fully saturated rings. The van der Waals surface area contributed by atoms with Crippen LogP contribution in [0.4, 0.5) is 0 Å². The summed E-state index contributed by atoms with van der Waals surface area (Å²) in [5.41, 5.74) is 2.19. The second kappa shape index (κ2) is 11.5. The van der Waals surface area contributed by atoms with Gasteiger partial charge in [0, 0.05) is 42.4 Å². The molecule has 5 nitrogen and oxygen atoms in total. The lowest BCUT2D eigenvalue weighted by Gasteiger charge is -2.23. The van der Waals surface area contributed by atoms with Gasteiger partial charge < -0.3 is 15.4 Å². The van der Waals surface area contributed by atoms with Gasteiger partial charge in [-0.25, -0.2) is 4.98 Å². The van der Waals surface area contributed by atoms with Crippen LogP contribution in [0.5, 0.6) is 0 Å². The zero-order valence-corrected chi connectivity index (χ0v) is 17.1. The number of morpholine rings is 1. The van der Waals surface area contributed by atoms with Gasteiger partial charge in [-0.2, -0.15) is 0 Å². The Balaban J connectivity index is 0.00000169. The topological polar surface area (TPSA) is 63.2 Å². The van der Waals surface area contributed by atoms with Crippen molar-refractivity contribution in [2.75, 3.05) is 26.3 Å². The highest BCUT2D eigenvalue weighted by molar-refractivity contribution is 7.12. The summed E-state index contributed by atoms with van der Waals surface area (Å²) < 4.78 is 5.36. The fraction of sp³-hybridized carbons (Fsp3) is 0.444. The minimum atomic E-state index is 0. The van der Waals surface area contributed by atoms with Crippen LogP contribution in [0, 0.1) is 6.92 Å². The zero-order chi connectivity index (χ0) is 16.8. The van der Waals surface area contributed by atoms with Crippen molar-refractivity contribution in [1.29, 1.82) is 0 Å². The Morgan fingerprint density at radius 1 is 1.35 bits per heavy atom. The molecule has 0 saturated carbocycles. The number of benzene rings is 1. The van der Waals surface area contributed by atoms with E-state index in [1.165, 1.54) is 4.88 Å². The molecular weight excluding hydrogens is 393 g/mol. The second-order valence-corrected chi connectivity index (χ2v) is 7.20. The van der Waals surface area contributed by atoms with Crippen molar-refractivity contribution < 1.29 is 9.53 Å². The fourth-order valence-corrected chi connectivity index (χ4v) is 3.73. The van der Waals surface area contributed by atoms with Crippen molar-refractivity contribution in [2.24, 2.45) is 0 Å². The Hall–Kier alpha value is -1.18. The number of aryl methyl sites for hydroxylation is 1. The standard InChI is InChI=1S/C18H23N3O2S.2ClH/c1-13-18(14-5-3-2-4-6-14)21-17(24-13)7-8-20-16(22)11-15-12-23-10-9-19-15;;/h2-6,15,19H,7-12H2,1H3,(H,20,22);2*1H. The van der Waals surface area contributed by atoms with Crippen LogP contribution in [-0.2, 0) is 16.0 Å². The number of hydrogen-bond donors (Lipinski definition) is 2.